The van der Waals surface area contributed by atoms with Crippen molar-refractivity contribution in [3.63, 3.8) is 0 Å². The van der Waals surface area contributed by atoms with E-state index in [1.54, 1.807) is 24.4 Å². The molecule has 0 bridgehead atoms. The van der Waals surface area contributed by atoms with E-state index in [4.69, 9.17) is 4.42 Å². The molecule has 2 aromatic rings. The molecule has 0 amide bonds. The number of rotatable bonds is 6. The van der Waals surface area contributed by atoms with Gasteiger partial charge in [0.1, 0.15) is 12.1 Å². The van der Waals surface area contributed by atoms with Crippen molar-refractivity contribution in [2.75, 3.05) is 12.3 Å². The molecule has 0 saturated carbocycles. The summed E-state index contributed by atoms with van der Waals surface area (Å²) in [6, 6.07) is 3.86. The molecule has 0 saturated heterocycles. The predicted octanol–water partition coefficient (Wildman–Crippen LogP) is 1.29. The van der Waals surface area contributed by atoms with Gasteiger partial charge in [0, 0.05) is 19.3 Å². The van der Waals surface area contributed by atoms with Crippen LogP contribution in [0.3, 0.4) is 0 Å². The lowest BCUT2D eigenvalue weighted by Crippen LogP contribution is -2.16. The molecular weight excluding hydrogens is 224 g/mol. The quantitative estimate of drug-likeness (QED) is 0.607. The summed E-state index contributed by atoms with van der Waals surface area (Å²) in [5, 5.41) is 12.1. The number of hydrogen-bond acceptors (Lipinski definition) is 5. The van der Waals surface area contributed by atoms with Crippen molar-refractivity contribution in [2.24, 2.45) is 7.05 Å². The average Bonchev–Trinajstić information content (AvgIpc) is 2.90. The normalized spacial score (nSPS) is 10.8. The topological polar surface area (TPSA) is 55.9 Å². The van der Waals surface area contributed by atoms with Crippen LogP contribution in [0.1, 0.15) is 5.76 Å². The van der Waals surface area contributed by atoms with Gasteiger partial charge in [-0.1, -0.05) is 11.8 Å². The highest BCUT2D eigenvalue weighted by atomic mass is 32.2. The molecule has 2 aromatic heterocycles. The van der Waals surface area contributed by atoms with Crippen molar-refractivity contribution < 1.29 is 4.42 Å². The monoisotopic (exact) mass is 238 g/mol. The second-order valence-corrected chi connectivity index (χ2v) is 4.39. The molecule has 6 heteroatoms. The molecule has 0 radical (unpaired) electrons. The number of nitrogens with one attached hydrogen (secondary N) is 1. The second kappa shape index (κ2) is 5.72. The minimum absolute atomic E-state index is 0.770. The Morgan fingerprint density at radius 2 is 2.50 bits per heavy atom. The Kier molecular flexibility index (Phi) is 4.01. The van der Waals surface area contributed by atoms with Gasteiger partial charge in [0.15, 0.2) is 5.16 Å². The third-order valence-electron chi connectivity index (χ3n) is 2.06. The van der Waals surface area contributed by atoms with E-state index in [2.05, 4.69) is 15.5 Å². The molecule has 0 aromatic carbocycles. The summed E-state index contributed by atoms with van der Waals surface area (Å²) >= 11 is 1.69. The molecule has 0 aliphatic heterocycles. The van der Waals surface area contributed by atoms with Crippen LogP contribution in [-0.2, 0) is 13.6 Å². The Labute approximate surface area is 98.2 Å². The van der Waals surface area contributed by atoms with E-state index in [1.807, 2.05) is 23.7 Å². The maximum absolute atomic E-state index is 5.21. The Morgan fingerprint density at radius 3 is 3.19 bits per heavy atom. The van der Waals surface area contributed by atoms with Crippen LogP contribution in [0.15, 0.2) is 34.3 Å². The standard InChI is InChI=1S/C10H14N4OS/c1-14-8-12-13-10(14)16-6-4-11-7-9-3-2-5-15-9/h2-3,5,8,11H,4,6-7H2,1H3. The number of nitrogens with zero attached hydrogens (tertiary/aromatic N) is 3. The van der Waals surface area contributed by atoms with Crippen LogP contribution in [0.5, 0.6) is 0 Å². The molecule has 2 rings (SSSR count). The Balaban J connectivity index is 1.61. The summed E-state index contributed by atoms with van der Waals surface area (Å²) in [6.45, 7) is 1.69. The molecule has 86 valence electrons. The van der Waals surface area contributed by atoms with E-state index in [-0.39, 0.29) is 0 Å². The largest absolute Gasteiger partial charge is 0.468 e. The van der Waals surface area contributed by atoms with Crippen molar-refractivity contribution in [3.05, 3.63) is 30.5 Å². The van der Waals surface area contributed by atoms with Gasteiger partial charge in [-0.25, -0.2) is 0 Å². The zero-order valence-electron chi connectivity index (χ0n) is 9.09. The summed E-state index contributed by atoms with van der Waals surface area (Å²) < 4.78 is 7.12. The maximum Gasteiger partial charge on any atom is 0.190 e. The van der Waals surface area contributed by atoms with Crippen LogP contribution in [-0.4, -0.2) is 27.1 Å². The highest BCUT2D eigenvalue weighted by molar-refractivity contribution is 7.99. The first-order valence-electron chi connectivity index (χ1n) is 5.06. The first kappa shape index (κ1) is 11.2. The van der Waals surface area contributed by atoms with E-state index in [0.29, 0.717) is 0 Å². The number of aryl methyl sites for hydroxylation is 1. The smallest absolute Gasteiger partial charge is 0.190 e. The van der Waals surface area contributed by atoms with Crippen molar-refractivity contribution in [3.8, 4) is 0 Å². The van der Waals surface area contributed by atoms with Gasteiger partial charge in [-0.05, 0) is 12.1 Å². The maximum atomic E-state index is 5.21. The average molecular weight is 238 g/mol. The van der Waals surface area contributed by atoms with Crippen molar-refractivity contribution in [1.29, 1.82) is 0 Å². The predicted molar refractivity (Wildman–Crippen MR) is 62.1 cm³/mol. The molecule has 0 spiro atoms. The van der Waals surface area contributed by atoms with E-state index in [0.717, 1.165) is 29.8 Å². The summed E-state index contributed by atoms with van der Waals surface area (Å²) in [7, 11) is 1.94. The van der Waals surface area contributed by atoms with Crippen LogP contribution in [0.2, 0.25) is 0 Å². The zero-order chi connectivity index (χ0) is 11.2. The molecule has 5 nitrogen and oxygen atoms in total. The first-order chi connectivity index (χ1) is 7.86. The van der Waals surface area contributed by atoms with Gasteiger partial charge in [-0.3, -0.25) is 0 Å². The van der Waals surface area contributed by atoms with E-state index in [9.17, 15) is 0 Å². The Hall–Kier alpha value is -1.27. The highest BCUT2D eigenvalue weighted by Crippen LogP contribution is 2.11. The SMILES string of the molecule is Cn1cnnc1SCCNCc1ccco1. The van der Waals surface area contributed by atoms with Crippen molar-refractivity contribution >= 4 is 11.8 Å². The summed E-state index contributed by atoms with van der Waals surface area (Å²) in [6.07, 6.45) is 3.39. The lowest BCUT2D eigenvalue weighted by molar-refractivity contribution is 0.488. The number of thioether (sulfide) groups is 1. The lowest BCUT2D eigenvalue weighted by Gasteiger charge is -2.02. The van der Waals surface area contributed by atoms with Crippen LogP contribution in [0.25, 0.3) is 0 Å². The van der Waals surface area contributed by atoms with Gasteiger partial charge in [0.2, 0.25) is 0 Å². The van der Waals surface area contributed by atoms with E-state index >= 15 is 0 Å². The van der Waals surface area contributed by atoms with Crippen molar-refractivity contribution in [2.45, 2.75) is 11.7 Å². The van der Waals surface area contributed by atoms with Crippen LogP contribution in [0.4, 0.5) is 0 Å². The van der Waals surface area contributed by atoms with Crippen LogP contribution in [0, 0.1) is 0 Å². The molecule has 0 atom stereocenters. The minimum Gasteiger partial charge on any atom is -0.468 e. The molecule has 2 heterocycles. The summed E-state index contributed by atoms with van der Waals surface area (Å²) in [4.78, 5) is 0. The fourth-order valence-electron chi connectivity index (χ4n) is 1.24. The van der Waals surface area contributed by atoms with Gasteiger partial charge >= 0.3 is 0 Å². The number of aromatic nitrogens is 3. The molecule has 16 heavy (non-hydrogen) atoms. The Morgan fingerprint density at radius 1 is 1.56 bits per heavy atom. The third-order valence-corrected chi connectivity index (χ3v) is 3.10. The van der Waals surface area contributed by atoms with Gasteiger partial charge in [-0.2, -0.15) is 0 Å². The minimum atomic E-state index is 0.770. The molecule has 0 unspecified atom stereocenters. The molecule has 0 fully saturated rings. The molecule has 1 N–H and O–H groups in total. The number of hydrogen-bond donors (Lipinski definition) is 1. The van der Waals surface area contributed by atoms with Gasteiger partial charge in [0.25, 0.3) is 0 Å². The van der Waals surface area contributed by atoms with Gasteiger partial charge < -0.3 is 14.3 Å². The fraction of sp³-hybridized carbons (Fsp3) is 0.400. The first-order valence-corrected chi connectivity index (χ1v) is 6.05. The zero-order valence-corrected chi connectivity index (χ0v) is 9.91. The Bertz CT molecular complexity index is 412. The van der Waals surface area contributed by atoms with Crippen molar-refractivity contribution in [1.82, 2.24) is 20.1 Å². The van der Waals surface area contributed by atoms with Gasteiger partial charge in [0.05, 0.1) is 12.8 Å². The lowest BCUT2D eigenvalue weighted by atomic mass is 10.4. The van der Waals surface area contributed by atoms with Gasteiger partial charge in [-0.15, -0.1) is 10.2 Å². The molecule has 0 aliphatic rings. The molecular formula is C10H14N4OS. The molecule has 0 aliphatic carbocycles. The van der Waals surface area contributed by atoms with E-state index < -0.39 is 0 Å². The third kappa shape index (κ3) is 3.11. The second-order valence-electron chi connectivity index (χ2n) is 3.33. The number of furan rings is 1. The summed E-state index contributed by atoms with van der Waals surface area (Å²) in [5.74, 6) is 1.93. The highest BCUT2D eigenvalue weighted by Gasteiger charge is 2.00. The van der Waals surface area contributed by atoms with Crippen LogP contribution >= 0.6 is 11.8 Å². The van der Waals surface area contributed by atoms with Crippen LogP contribution < -0.4 is 5.32 Å². The summed E-state index contributed by atoms with van der Waals surface area (Å²) in [5.41, 5.74) is 0. The fourth-order valence-corrected chi connectivity index (χ4v) is 2.03. The van der Waals surface area contributed by atoms with E-state index in [1.165, 1.54) is 0 Å².